The van der Waals surface area contributed by atoms with Crippen molar-refractivity contribution in [1.82, 2.24) is 25.7 Å². The largest absolute Gasteiger partial charge is 0.496 e. The standard InChI is InChI=1S/C24H35N5O3/c1-15-16(2)20(32-6)8-7-17(15)14-29-10-9-25-23(31)19(29)12-22(30)26-13-18-11-21(28-27-18)24(3,4)5/h7-8,11,19H,9-10,12-14H2,1-6H3,(H,25,31)(H,26,30)(H,27,28)/t19-/m0/s1. The summed E-state index contributed by atoms with van der Waals surface area (Å²) in [5.41, 5.74) is 5.11. The third kappa shape index (κ3) is 5.48. The second-order valence-electron chi connectivity index (χ2n) is 9.46. The highest BCUT2D eigenvalue weighted by molar-refractivity contribution is 5.88. The average Bonchev–Trinajstić information content (AvgIpc) is 3.22. The molecular formula is C24H35N5O3. The van der Waals surface area contributed by atoms with Gasteiger partial charge in [-0.2, -0.15) is 5.10 Å². The summed E-state index contributed by atoms with van der Waals surface area (Å²) in [4.78, 5) is 27.4. The molecule has 0 spiro atoms. The Bertz CT molecular complexity index is 976. The fourth-order valence-corrected chi connectivity index (χ4v) is 3.91. The maximum absolute atomic E-state index is 12.7. The molecule has 0 unspecified atom stereocenters. The molecule has 8 heteroatoms. The van der Waals surface area contributed by atoms with Crippen molar-refractivity contribution in [3.05, 3.63) is 46.3 Å². The highest BCUT2D eigenvalue weighted by atomic mass is 16.5. The van der Waals surface area contributed by atoms with Gasteiger partial charge < -0.3 is 15.4 Å². The smallest absolute Gasteiger partial charge is 0.237 e. The molecule has 8 nitrogen and oxygen atoms in total. The number of aromatic nitrogens is 2. The van der Waals surface area contributed by atoms with Crippen molar-refractivity contribution in [3.8, 4) is 5.75 Å². The summed E-state index contributed by atoms with van der Waals surface area (Å²) in [6.07, 6.45) is 0.111. The second kappa shape index (κ2) is 9.73. The number of carbonyl (C=O) groups excluding carboxylic acids is 2. The minimum atomic E-state index is -0.502. The molecule has 0 saturated carbocycles. The molecule has 1 atom stereocenters. The van der Waals surface area contributed by atoms with Gasteiger partial charge in [0.2, 0.25) is 11.8 Å². The van der Waals surface area contributed by atoms with Crippen molar-refractivity contribution in [1.29, 1.82) is 0 Å². The lowest BCUT2D eigenvalue weighted by Gasteiger charge is -2.35. The van der Waals surface area contributed by atoms with Gasteiger partial charge in [0, 0.05) is 25.0 Å². The molecule has 2 amide bonds. The van der Waals surface area contributed by atoms with Crippen molar-refractivity contribution >= 4 is 11.8 Å². The number of amides is 2. The van der Waals surface area contributed by atoms with Crippen LogP contribution in [0.3, 0.4) is 0 Å². The zero-order chi connectivity index (χ0) is 23.5. The summed E-state index contributed by atoms with van der Waals surface area (Å²) < 4.78 is 5.41. The minimum Gasteiger partial charge on any atom is -0.496 e. The van der Waals surface area contributed by atoms with E-state index in [2.05, 4.69) is 53.4 Å². The van der Waals surface area contributed by atoms with Crippen molar-refractivity contribution < 1.29 is 14.3 Å². The van der Waals surface area contributed by atoms with E-state index in [1.165, 1.54) is 0 Å². The first-order valence-electron chi connectivity index (χ1n) is 11.1. The van der Waals surface area contributed by atoms with Crippen LogP contribution in [-0.2, 0) is 28.1 Å². The van der Waals surface area contributed by atoms with Gasteiger partial charge in [-0.25, -0.2) is 0 Å². The van der Waals surface area contributed by atoms with E-state index >= 15 is 0 Å². The molecule has 1 aromatic carbocycles. The zero-order valence-corrected chi connectivity index (χ0v) is 20.0. The molecule has 2 heterocycles. The molecule has 2 aromatic rings. The third-order valence-electron chi connectivity index (χ3n) is 6.14. The van der Waals surface area contributed by atoms with Gasteiger partial charge in [0.1, 0.15) is 5.75 Å². The molecule has 1 aliphatic heterocycles. The minimum absolute atomic E-state index is 0.0581. The molecule has 1 fully saturated rings. The van der Waals surface area contributed by atoms with Crippen LogP contribution in [0.25, 0.3) is 0 Å². The van der Waals surface area contributed by atoms with E-state index in [0.717, 1.165) is 33.8 Å². The van der Waals surface area contributed by atoms with E-state index in [1.807, 2.05) is 25.1 Å². The Labute approximate surface area is 190 Å². The molecule has 32 heavy (non-hydrogen) atoms. The van der Waals surface area contributed by atoms with Gasteiger partial charge >= 0.3 is 0 Å². The van der Waals surface area contributed by atoms with Gasteiger partial charge in [0.25, 0.3) is 0 Å². The SMILES string of the molecule is COc1ccc(CN2CCNC(=O)[C@@H]2CC(=O)NCc2cc(C(C)(C)C)n[nH]2)c(C)c1C. The number of piperazine rings is 1. The van der Waals surface area contributed by atoms with Crippen molar-refractivity contribution in [2.75, 3.05) is 20.2 Å². The Kier molecular flexibility index (Phi) is 7.23. The van der Waals surface area contributed by atoms with Gasteiger partial charge in [-0.05, 0) is 42.7 Å². The lowest BCUT2D eigenvalue weighted by molar-refractivity contribution is -0.134. The molecule has 0 radical (unpaired) electrons. The van der Waals surface area contributed by atoms with Gasteiger partial charge in [-0.3, -0.25) is 19.6 Å². The normalized spacial score (nSPS) is 17.2. The summed E-state index contributed by atoms with van der Waals surface area (Å²) in [5.74, 6) is 0.587. The zero-order valence-electron chi connectivity index (χ0n) is 20.0. The number of rotatable bonds is 7. The molecule has 3 rings (SSSR count). The number of carbonyl (C=O) groups is 2. The molecule has 3 N–H and O–H groups in total. The van der Waals surface area contributed by atoms with Crippen LogP contribution in [-0.4, -0.2) is 53.2 Å². The Morgan fingerprint density at radius 3 is 2.69 bits per heavy atom. The Morgan fingerprint density at radius 2 is 2.03 bits per heavy atom. The van der Waals surface area contributed by atoms with E-state index in [9.17, 15) is 9.59 Å². The number of methoxy groups -OCH3 is 1. The Morgan fingerprint density at radius 1 is 1.28 bits per heavy atom. The first-order valence-corrected chi connectivity index (χ1v) is 11.1. The summed E-state index contributed by atoms with van der Waals surface area (Å²) in [7, 11) is 1.66. The highest BCUT2D eigenvalue weighted by Gasteiger charge is 2.32. The van der Waals surface area contributed by atoms with Crippen molar-refractivity contribution in [2.45, 2.75) is 65.6 Å². The molecule has 1 aromatic heterocycles. The number of hydrogen-bond donors (Lipinski definition) is 3. The van der Waals surface area contributed by atoms with Crippen LogP contribution in [0.15, 0.2) is 18.2 Å². The van der Waals surface area contributed by atoms with Crippen LogP contribution in [0.5, 0.6) is 5.75 Å². The van der Waals surface area contributed by atoms with Crippen molar-refractivity contribution in [3.63, 3.8) is 0 Å². The van der Waals surface area contributed by atoms with Crippen LogP contribution in [0.1, 0.15) is 55.3 Å². The molecule has 1 saturated heterocycles. The molecular weight excluding hydrogens is 406 g/mol. The van der Waals surface area contributed by atoms with E-state index in [4.69, 9.17) is 4.74 Å². The van der Waals surface area contributed by atoms with Gasteiger partial charge in [0.15, 0.2) is 0 Å². The predicted molar refractivity (Wildman–Crippen MR) is 123 cm³/mol. The predicted octanol–water partition coefficient (Wildman–Crippen LogP) is 2.34. The van der Waals surface area contributed by atoms with E-state index < -0.39 is 6.04 Å². The average molecular weight is 442 g/mol. The van der Waals surface area contributed by atoms with E-state index in [0.29, 0.717) is 26.2 Å². The van der Waals surface area contributed by atoms with Crippen molar-refractivity contribution in [2.24, 2.45) is 0 Å². The number of nitrogens with zero attached hydrogens (tertiary/aromatic N) is 2. The number of H-pyrrole nitrogens is 1. The fourth-order valence-electron chi connectivity index (χ4n) is 3.91. The molecule has 0 bridgehead atoms. The second-order valence-corrected chi connectivity index (χ2v) is 9.46. The van der Waals surface area contributed by atoms with Gasteiger partial charge in [-0.15, -0.1) is 0 Å². The quantitative estimate of drug-likeness (QED) is 0.613. The first-order chi connectivity index (χ1) is 15.1. The number of aromatic amines is 1. The van der Waals surface area contributed by atoms with Gasteiger partial charge in [-0.1, -0.05) is 26.8 Å². The van der Waals surface area contributed by atoms with Gasteiger partial charge in [0.05, 0.1) is 37.5 Å². The summed E-state index contributed by atoms with van der Waals surface area (Å²) in [6.45, 7) is 12.6. The third-order valence-corrected chi connectivity index (χ3v) is 6.14. The van der Waals surface area contributed by atoms with E-state index in [-0.39, 0.29) is 23.7 Å². The number of nitrogens with one attached hydrogen (secondary N) is 3. The lowest BCUT2D eigenvalue weighted by atomic mass is 9.92. The number of hydrogen-bond acceptors (Lipinski definition) is 5. The summed E-state index contributed by atoms with van der Waals surface area (Å²) in [6, 6.07) is 5.46. The number of benzene rings is 1. The molecule has 174 valence electrons. The van der Waals surface area contributed by atoms with Crippen LogP contribution >= 0.6 is 0 Å². The molecule has 0 aliphatic carbocycles. The van der Waals surface area contributed by atoms with Crippen LogP contribution in [0, 0.1) is 13.8 Å². The monoisotopic (exact) mass is 441 g/mol. The fraction of sp³-hybridized carbons (Fsp3) is 0.542. The van der Waals surface area contributed by atoms with Crippen LogP contribution in [0.2, 0.25) is 0 Å². The summed E-state index contributed by atoms with van der Waals surface area (Å²) >= 11 is 0. The van der Waals surface area contributed by atoms with Crippen LogP contribution < -0.4 is 15.4 Å². The Balaban J connectivity index is 1.64. The summed E-state index contributed by atoms with van der Waals surface area (Å²) in [5, 5.41) is 13.1. The lowest BCUT2D eigenvalue weighted by Crippen LogP contribution is -2.56. The maximum Gasteiger partial charge on any atom is 0.237 e. The maximum atomic E-state index is 12.7. The van der Waals surface area contributed by atoms with E-state index in [1.54, 1.807) is 7.11 Å². The molecule has 1 aliphatic rings. The first kappa shape index (κ1) is 23.8. The van der Waals surface area contributed by atoms with Crippen LogP contribution in [0.4, 0.5) is 0 Å². The number of ether oxygens (including phenoxy) is 1. The Hall–Kier alpha value is -2.87. The highest BCUT2D eigenvalue weighted by Crippen LogP contribution is 2.26. The topological polar surface area (TPSA) is 99.3 Å².